The van der Waals surface area contributed by atoms with Crippen LogP contribution in [0.2, 0.25) is 0 Å². The van der Waals surface area contributed by atoms with Gasteiger partial charge in [-0.05, 0) is 18.8 Å². The van der Waals surface area contributed by atoms with Gasteiger partial charge in [0.1, 0.15) is 0 Å². The summed E-state index contributed by atoms with van der Waals surface area (Å²) >= 11 is 0. The molecule has 2 aliphatic rings. The van der Waals surface area contributed by atoms with Crippen LogP contribution in [0, 0.1) is 5.92 Å². The predicted octanol–water partition coefficient (Wildman–Crippen LogP) is 0.206. The summed E-state index contributed by atoms with van der Waals surface area (Å²) in [5.74, 6) is 0.620. The minimum Gasteiger partial charge on any atom is -0.358 e. The molecule has 2 unspecified atom stereocenters. The number of nitrogens with one attached hydrogen (secondary N) is 1. The topological polar surface area (TPSA) is 78.7 Å². The Balaban J connectivity index is 0.00000242. The molecule has 0 aromatic heterocycles. The highest BCUT2D eigenvalue weighted by Gasteiger charge is 2.28. The summed E-state index contributed by atoms with van der Waals surface area (Å²) in [6.45, 7) is 3.41. The SMILES string of the molecule is CNC(=O)CN1CCN(C(=O)CC2CCCCC2N)CC1.Cl. The summed E-state index contributed by atoms with van der Waals surface area (Å²) in [6, 6.07) is 0.192. The number of likely N-dealkylation sites (N-methyl/N-ethyl adjacent to an activating group) is 1. The first-order chi connectivity index (χ1) is 10.1. The lowest BCUT2D eigenvalue weighted by Crippen LogP contribution is -2.51. The molecule has 1 heterocycles. The molecule has 0 radical (unpaired) electrons. The molecule has 0 spiro atoms. The second-order valence-corrected chi connectivity index (χ2v) is 6.24. The average molecular weight is 333 g/mol. The average Bonchev–Trinajstić information content (AvgIpc) is 2.50. The lowest BCUT2D eigenvalue weighted by Gasteiger charge is -2.36. The molecular formula is C15H29ClN4O2. The molecule has 2 amide bonds. The Morgan fingerprint density at radius 2 is 1.77 bits per heavy atom. The van der Waals surface area contributed by atoms with Gasteiger partial charge in [-0.2, -0.15) is 0 Å². The number of hydrogen-bond acceptors (Lipinski definition) is 4. The third-order valence-electron chi connectivity index (χ3n) is 4.78. The van der Waals surface area contributed by atoms with E-state index in [0.29, 0.717) is 18.9 Å². The second-order valence-electron chi connectivity index (χ2n) is 6.24. The summed E-state index contributed by atoms with van der Waals surface area (Å²) < 4.78 is 0. The van der Waals surface area contributed by atoms with Crippen molar-refractivity contribution in [3.8, 4) is 0 Å². The first kappa shape index (κ1) is 19.2. The fraction of sp³-hybridized carbons (Fsp3) is 0.867. The van der Waals surface area contributed by atoms with Crippen molar-refractivity contribution in [3.05, 3.63) is 0 Å². The fourth-order valence-electron chi connectivity index (χ4n) is 3.28. The molecule has 0 bridgehead atoms. The third-order valence-corrected chi connectivity index (χ3v) is 4.78. The van der Waals surface area contributed by atoms with Crippen LogP contribution in [-0.2, 0) is 9.59 Å². The quantitative estimate of drug-likeness (QED) is 0.771. The molecule has 1 aliphatic carbocycles. The van der Waals surface area contributed by atoms with E-state index in [4.69, 9.17) is 5.73 Å². The van der Waals surface area contributed by atoms with Gasteiger partial charge in [-0.25, -0.2) is 0 Å². The molecule has 2 rings (SSSR count). The number of carbonyl (C=O) groups is 2. The van der Waals surface area contributed by atoms with Crippen LogP contribution >= 0.6 is 12.4 Å². The van der Waals surface area contributed by atoms with Crippen molar-refractivity contribution in [2.75, 3.05) is 39.8 Å². The van der Waals surface area contributed by atoms with E-state index in [2.05, 4.69) is 10.2 Å². The number of nitrogens with two attached hydrogens (primary N) is 1. The Hall–Kier alpha value is -0.850. The summed E-state index contributed by atoms with van der Waals surface area (Å²) in [6.07, 6.45) is 5.13. The summed E-state index contributed by atoms with van der Waals surface area (Å²) in [5.41, 5.74) is 6.13. The van der Waals surface area contributed by atoms with Gasteiger partial charge in [-0.3, -0.25) is 14.5 Å². The van der Waals surface area contributed by atoms with Crippen LogP contribution in [0.25, 0.3) is 0 Å². The number of carbonyl (C=O) groups excluding carboxylic acids is 2. The van der Waals surface area contributed by atoms with Gasteiger partial charge in [-0.1, -0.05) is 12.8 Å². The van der Waals surface area contributed by atoms with E-state index in [1.54, 1.807) is 7.05 Å². The van der Waals surface area contributed by atoms with Gasteiger partial charge in [0.05, 0.1) is 6.54 Å². The van der Waals surface area contributed by atoms with Crippen molar-refractivity contribution < 1.29 is 9.59 Å². The standard InChI is InChI=1S/C15H28N4O2.ClH/c1-17-14(20)11-18-6-8-19(9-7-18)15(21)10-12-4-2-3-5-13(12)16;/h12-13H,2-11,16H2,1H3,(H,17,20);1H. The number of nitrogens with zero attached hydrogens (tertiary/aromatic N) is 2. The van der Waals surface area contributed by atoms with Gasteiger partial charge < -0.3 is 16.0 Å². The van der Waals surface area contributed by atoms with Crippen LogP contribution in [0.3, 0.4) is 0 Å². The van der Waals surface area contributed by atoms with Crippen molar-refractivity contribution in [3.63, 3.8) is 0 Å². The lowest BCUT2D eigenvalue weighted by molar-refractivity contribution is -0.134. The molecule has 0 aromatic carbocycles. The predicted molar refractivity (Wildman–Crippen MR) is 88.9 cm³/mol. The van der Waals surface area contributed by atoms with E-state index in [1.807, 2.05) is 4.90 Å². The van der Waals surface area contributed by atoms with E-state index in [9.17, 15) is 9.59 Å². The highest BCUT2D eigenvalue weighted by Crippen LogP contribution is 2.26. The van der Waals surface area contributed by atoms with E-state index < -0.39 is 0 Å². The van der Waals surface area contributed by atoms with Crippen molar-refractivity contribution >= 4 is 24.2 Å². The maximum atomic E-state index is 12.4. The Bertz CT molecular complexity index is 373. The molecule has 1 saturated heterocycles. The van der Waals surface area contributed by atoms with Crippen LogP contribution in [0.4, 0.5) is 0 Å². The first-order valence-electron chi connectivity index (χ1n) is 8.06. The summed E-state index contributed by atoms with van der Waals surface area (Å²) in [5, 5.41) is 2.63. The summed E-state index contributed by atoms with van der Waals surface area (Å²) in [7, 11) is 1.65. The van der Waals surface area contributed by atoms with Gasteiger partial charge in [0.2, 0.25) is 11.8 Å². The maximum Gasteiger partial charge on any atom is 0.233 e. The number of piperazine rings is 1. The van der Waals surface area contributed by atoms with Crippen LogP contribution < -0.4 is 11.1 Å². The normalized spacial score (nSPS) is 26.2. The molecule has 128 valence electrons. The molecule has 0 aromatic rings. The molecule has 22 heavy (non-hydrogen) atoms. The number of rotatable bonds is 4. The monoisotopic (exact) mass is 332 g/mol. The Labute approximate surface area is 139 Å². The zero-order valence-electron chi connectivity index (χ0n) is 13.4. The minimum atomic E-state index is 0. The van der Waals surface area contributed by atoms with Crippen molar-refractivity contribution in [2.24, 2.45) is 11.7 Å². The zero-order valence-corrected chi connectivity index (χ0v) is 14.2. The van der Waals surface area contributed by atoms with Gasteiger partial charge in [0, 0.05) is 45.7 Å². The maximum absolute atomic E-state index is 12.4. The molecular weight excluding hydrogens is 304 g/mol. The molecule has 2 fully saturated rings. The largest absolute Gasteiger partial charge is 0.358 e. The molecule has 3 N–H and O–H groups in total. The zero-order chi connectivity index (χ0) is 15.2. The van der Waals surface area contributed by atoms with Crippen LogP contribution in [0.15, 0.2) is 0 Å². The highest BCUT2D eigenvalue weighted by molar-refractivity contribution is 5.85. The lowest BCUT2D eigenvalue weighted by atomic mass is 9.82. The van der Waals surface area contributed by atoms with Crippen molar-refractivity contribution in [1.29, 1.82) is 0 Å². The Morgan fingerprint density at radius 3 is 2.36 bits per heavy atom. The Kier molecular flexibility index (Phi) is 8.14. The third kappa shape index (κ3) is 5.41. The molecule has 1 saturated carbocycles. The van der Waals surface area contributed by atoms with Gasteiger partial charge in [-0.15, -0.1) is 12.4 Å². The van der Waals surface area contributed by atoms with E-state index in [0.717, 1.165) is 39.0 Å². The van der Waals surface area contributed by atoms with Crippen LogP contribution in [-0.4, -0.2) is 67.4 Å². The summed E-state index contributed by atoms with van der Waals surface area (Å²) in [4.78, 5) is 27.7. The van der Waals surface area contributed by atoms with Crippen molar-refractivity contribution in [1.82, 2.24) is 15.1 Å². The smallest absolute Gasteiger partial charge is 0.233 e. The molecule has 7 heteroatoms. The van der Waals surface area contributed by atoms with Gasteiger partial charge >= 0.3 is 0 Å². The molecule has 1 aliphatic heterocycles. The van der Waals surface area contributed by atoms with Crippen LogP contribution in [0.1, 0.15) is 32.1 Å². The minimum absolute atomic E-state index is 0. The molecule has 6 nitrogen and oxygen atoms in total. The van der Waals surface area contributed by atoms with E-state index in [1.165, 1.54) is 12.8 Å². The fourth-order valence-corrected chi connectivity index (χ4v) is 3.28. The number of amides is 2. The first-order valence-corrected chi connectivity index (χ1v) is 8.06. The van der Waals surface area contributed by atoms with Gasteiger partial charge in [0.15, 0.2) is 0 Å². The van der Waals surface area contributed by atoms with Crippen LogP contribution in [0.5, 0.6) is 0 Å². The van der Waals surface area contributed by atoms with E-state index >= 15 is 0 Å². The highest BCUT2D eigenvalue weighted by atomic mass is 35.5. The number of hydrogen-bond donors (Lipinski definition) is 2. The molecule has 2 atom stereocenters. The Morgan fingerprint density at radius 1 is 1.14 bits per heavy atom. The number of halogens is 1. The second kappa shape index (κ2) is 9.33. The van der Waals surface area contributed by atoms with Gasteiger partial charge in [0.25, 0.3) is 0 Å². The van der Waals surface area contributed by atoms with Crippen molar-refractivity contribution in [2.45, 2.75) is 38.1 Å². The van der Waals surface area contributed by atoms with E-state index in [-0.39, 0.29) is 30.3 Å².